The number of hydrogen-bond acceptors (Lipinski definition) is 9. The fourth-order valence-electron chi connectivity index (χ4n) is 12.9. The molecule has 0 amide bonds. The Morgan fingerprint density at radius 1 is 0.239 bits per heavy atom. The first-order valence-corrected chi connectivity index (χ1v) is 43.2. The van der Waals surface area contributed by atoms with Crippen LogP contribution in [0.4, 0.5) is 52.7 Å². The summed E-state index contributed by atoms with van der Waals surface area (Å²) < 4.78 is 147. The van der Waals surface area contributed by atoms with Gasteiger partial charge < -0.3 is 46.0 Å². The summed E-state index contributed by atoms with van der Waals surface area (Å²) in [6.45, 7) is 53.3. The molecule has 109 heavy (non-hydrogen) atoms. The van der Waals surface area contributed by atoms with E-state index in [-0.39, 0.29) is 59.2 Å². The van der Waals surface area contributed by atoms with Crippen molar-refractivity contribution in [3.63, 3.8) is 0 Å². The van der Waals surface area contributed by atoms with Crippen molar-refractivity contribution in [2.75, 3.05) is 33.2 Å². The van der Waals surface area contributed by atoms with E-state index < -0.39 is 94.1 Å². The average molecular weight is 1610 g/mol. The molecule has 0 saturated carbocycles. The topological polar surface area (TPSA) is 182 Å². The van der Waals surface area contributed by atoms with Crippen LogP contribution in [0, 0.1) is 107 Å². The molecule has 2 unspecified atom stereocenters. The quantitative estimate of drug-likeness (QED) is 0.0268. The van der Waals surface area contributed by atoms with Crippen LogP contribution in [0.3, 0.4) is 0 Å². The summed E-state index contributed by atoms with van der Waals surface area (Å²) in [5, 5.41) is 82.7. The maximum atomic E-state index is 12.2. The van der Waals surface area contributed by atoms with Crippen LogP contribution >= 0.6 is 0 Å². The van der Waals surface area contributed by atoms with Crippen molar-refractivity contribution in [3.8, 4) is 0 Å². The van der Waals surface area contributed by atoms with Gasteiger partial charge in [-0.15, -0.1) is 0 Å². The fraction of sp³-hybridized carbons (Fsp3) is 1.00. The molecule has 0 aromatic heterocycles. The van der Waals surface area contributed by atoms with E-state index in [2.05, 4.69) is 62.3 Å². The van der Waals surface area contributed by atoms with Crippen molar-refractivity contribution >= 4 is 0 Å². The maximum Gasteiger partial charge on any atom is 0.414 e. The number of aliphatic hydroxyl groups is 9. The molecule has 0 aliphatic carbocycles. The molecule has 0 aliphatic heterocycles. The lowest BCUT2D eigenvalue weighted by molar-refractivity contribution is -0.224. The van der Waals surface area contributed by atoms with Gasteiger partial charge in [0, 0.05) is 13.2 Å². The van der Waals surface area contributed by atoms with Crippen LogP contribution < -0.4 is 0 Å². The van der Waals surface area contributed by atoms with Gasteiger partial charge in [0.1, 0.15) is 38.3 Å². The minimum Gasteiger partial charge on any atom is -0.396 e. The summed E-state index contributed by atoms with van der Waals surface area (Å²) >= 11 is 0. The number of halogens is 12. The predicted molar refractivity (Wildman–Crippen MR) is 439 cm³/mol. The second-order valence-electron chi connectivity index (χ2n) is 33.6. The minimum absolute atomic E-state index is 0.121. The van der Waals surface area contributed by atoms with Gasteiger partial charge in [-0.25, -0.2) is 39.5 Å². The van der Waals surface area contributed by atoms with Gasteiger partial charge in [-0.1, -0.05) is 303 Å². The van der Waals surface area contributed by atoms with Crippen LogP contribution in [0.5, 0.6) is 0 Å². The van der Waals surface area contributed by atoms with E-state index in [4.69, 9.17) is 15.3 Å². The first-order chi connectivity index (χ1) is 50.6. The highest BCUT2D eigenvalue weighted by Gasteiger charge is 2.44. The van der Waals surface area contributed by atoms with E-state index in [1.54, 1.807) is 13.8 Å². The highest BCUT2D eigenvalue weighted by Crippen LogP contribution is 2.34. The number of alkyl halides is 12. The monoisotopic (exact) mass is 1610 g/mol. The van der Waals surface area contributed by atoms with E-state index >= 15 is 0 Å². The summed E-state index contributed by atoms with van der Waals surface area (Å²) in [7, 11) is 0. The van der Waals surface area contributed by atoms with Crippen LogP contribution in [-0.4, -0.2) is 147 Å². The number of aliphatic hydroxyl groups excluding tert-OH is 9. The molecule has 21 heteroatoms. The SMILES string of the molecule is CCCC[C@@H](C(C)C)C(O)C(F)F.CCCC[C@@H](C(C)C)C(O)CF.CCCC[C@@H](C(C)C)[C@@H](O)C(F)(F)F.CCCC[C@@H](C(C)C)[C@@H](O)C(F)F.CCCC[C@@H](C(C)C)[C@@H](O)CF.CCCC[C@@H](C(C)C)[C@H](O)C(F)F.CCCC[C@@H](C(C)C)[C@H](O)CF.CCCC[C@H](CO)C(C)C.CCCC[C@H](CO)C(C)C. The van der Waals surface area contributed by atoms with Crippen LogP contribution in [0.1, 0.15) is 360 Å². The predicted octanol–water partition coefficient (Wildman–Crippen LogP) is 25.8. The van der Waals surface area contributed by atoms with Crippen LogP contribution in [-0.2, 0) is 0 Å². The molecular formula is C88H182F12O9. The van der Waals surface area contributed by atoms with Gasteiger partial charge in [-0.3, -0.25) is 0 Å². The fourth-order valence-corrected chi connectivity index (χ4v) is 12.9. The zero-order valence-corrected chi connectivity index (χ0v) is 74.9. The smallest absolute Gasteiger partial charge is 0.396 e. The third-order valence-corrected chi connectivity index (χ3v) is 21.2. The Morgan fingerprint density at radius 2 is 0.394 bits per heavy atom. The molecule has 9 nitrogen and oxygen atoms in total. The third kappa shape index (κ3) is 73.0. The lowest BCUT2D eigenvalue weighted by Gasteiger charge is -2.27. The average Bonchev–Trinajstić information content (AvgIpc) is 0.915. The van der Waals surface area contributed by atoms with Crippen molar-refractivity contribution in [1.82, 2.24) is 0 Å². The third-order valence-electron chi connectivity index (χ3n) is 21.2. The molecule has 0 rings (SSSR count). The summed E-state index contributed by atoms with van der Waals surface area (Å²) in [4.78, 5) is 0. The van der Waals surface area contributed by atoms with Crippen molar-refractivity contribution < 1.29 is 98.6 Å². The zero-order valence-electron chi connectivity index (χ0n) is 74.9. The van der Waals surface area contributed by atoms with Gasteiger partial charge in [0.05, 0.1) is 18.3 Å². The summed E-state index contributed by atoms with van der Waals surface area (Å²) in [5.41, 5.74) is 0. The Morgan fingerprint density at radius 3 is 0.514 bits per heavy atom. The maximum absolute atomic E-state index is 12.2. The van der Waals surface area contributed by atoms with Crippen molar-refractivity contribution in [1.29, 1.82) is 0 Å². The molecule has 16 atom stereocenters. The molecule has 0 aromatic rings. The molecule has 0 aromatic carbocycles. The minimum atomic E-state index is -4.48. The molecule has 0 saturated heterocycles. The molecule has 0 spiro atoms. The second-order valence-corrected chi connectivity index (χ2v) is 33.6. The molecule has 9 N–H and O–H groups in total. The van der Waals surface area contributed by atoms with E-state index in [1.807, 2.05) is 111 Å². The van der Waals surface area contributed by atoms with E-state index in [0.717, 1.165) is 109 Å². The van der Waals surface area contributed by atoms with Crippen LogP contribution in [0.2, 0.25) is 0 Å². The van der Waals surface area contributed by atoms with Crippen molar-refractivity contribution in [2.45, 2.75) is 428 Å². The molecule has 0 aliphatic rings. The normalized spacial score (nSPS) is 16.2. The first kappa shape index (κ1) is 126. The molecule has 0 fully saturated rings. The summed E-state index contributed by atoms with van der Waals surface area (Å²) in [5.74, 6) is 2.62. The number of rotatable bonds is 51. The van der Waals surface area contributed by atoms with Crippen LogP contribution in [0.15, 0.2) is 0 Å². The lowest BCUT2D eigenvalue weighted by atomic mass is 9.85. The highest BCUT2D eigenvalue weighted by atomic mass is 19.4. The molecule has 672 valence electrons. The Bertz CT molecular complexity index is 1600. The van der Waals surface area contributed by atoms with Gasteiger partial charge in [-0.05, 0) is 164 Å². The van der Waals surface area contributed by atoms with Crippen molar-refractivity contribution in [2.24, 2.45) is 107 Å². The molecular weight excluding hydrogens is 1430 g/mol. The second kappa shape index (κ2) is 81.9. The zero-order chi connectivity index (χ0) is 87.3. The van der Waals surface area contributed by atoms with Gasteiger partial charge in [0.25, 0.3) is 19.3 Å². The molecule has 0 bridgehead atoms. The molecule has 0 radical (unpaired) electrons. The molecule has 0 heterocycles. The van der Waals surface area contributed by atoms with Gasteiger partial charge in [0.15, 0.2) is 6.10 Å². The number of hydrogen-bond donors (Lipinski definition) is 9. The highest BCUT2D eigenvalue weighted by molar-refractivity contribution is 4.80. The Kier molecular flexibility index (Phi) is 94.7. The lowest BCUT2D eigenvalue weighted by Crippen LogP contribution is -2.38. The van der Waals surface area contributed by atoms with Gasteiger partial charge >= 0.3 is 6.18 Å². The van der Waals surface area contributed by atoms with E-state index in [1.165, 1.54) is 38.5 Å². The van der Waals surface area contributed by atoms with Crippen LogP contribution in [0.25, 0.3) is 0 Å². The Balaban J connectivity index is -0.000000148. The van der Waals surface area contributed by atoms with E-state index in [0.29, 0.717) is 80.3 Å². The Hall–Kier alpha value is -1.20. The standard InChI is InChI=1S/C10H19F3O.3C10H20F2O.3C10H21FO.2C9H20O/c1-4-5-6-8(7(2)3)9(14)10(11,12)13;3*1-4-5-6-8(7(2)3)9(13)10(11)12;3*1-4-5-6-9(8(2)3)10(12)7-11;2*1-4-5-6-9(7-10)8(2)3/h7-9,14H,4-6H2,1-3H3;3*7-10,13H,4-6H2,1-3H3;3*8-10,12H,4-7H2,1-3H3;2*8-10H,4-7H2,1-3H3/t8-,9+;8-,9?;8-,9+;8-,9-;9-,10?;9-,10+;9-,10-;2*9-/m000000011/s1. The van der Waals surface area contributed by atoms with E-state index in [9.17, 15) is 83.3 Å². The summed E-state index contributed by atoms with van der Waals surface area (Å²) in [6.07, 6.45) is 5.48. The Labute approximate surface area is 664 Å². The van der Waals surface area contributed by atoms with Crippen molar-refractivity contribution in [3.05, 3.63) is 0 Å². The van der Waals surface area contributed by atoms with Gasteiger partial charge in [0.2, 0.25) is 0 Å². The van der Waals surface area contributed by atoms with Gasteiger partial charge in [-0.2, -0.15) is 13.2 Å². The summed E-state index contributed by atoms with van der Waals surface area (Å²) in [6, 6.07) is 0. The largest absolute Gasteiger partial charge is 0.414 e. The number of unbranched alkanes of at least 4 members (excludes halogenated alkanes) is 9. The first-order valence-electron chi connectivity index (χ1n) is 43.2.